The van der Waals surface area contributed by atoms with E-state index in [0.29, 0.717) is 0 Å². The fourth-order valence-corrected chi connectivity index (χ4v) is 12.2. The molecule has 30 nitrogen and oxygen atoms in total. The van der Waals surface area contributed by atoms with Crippen molar-refractivity contribution in [2.75, 3.05) is 59.0 Å². The Morgan fingerprint density at radius 2 is 1.00 bits per heavy atom. The van der Waals surface area contributed by atoms with Gasteiger partial charge >= 0.3 is 24.2 Å². The molecule has 6 fully saturated rings. The van der Waals surface area contributed by atoms with E-state index in [1.165, 1.54) is 12.1 Å². The summed E-state index contributed by atoms with van der Waals surface area (Å²) in [6, 6.07) is -2.15. The Bertz CT molecular complexity index is 3120. The molecule has 0 unspecified atom stereocenters. The number of nitrogens with zero attached hydrogens (tertiary/aromatic N) is 12. The first kappa shape index (κ1) is 49.4. The highest BCUT2D eigenvalue weighted by Crippen LogP contribution is 2.52. The number of ether oxygens (including phenoxy) is 4. The third-order valence-corrected chi connectivity index (χ3v) is 15.0. The molecule has 76 heavy (non-hydrogen) atoms. The zero-order valence-electron chi connectivity index (χ0n) is 40.3. The van der Waals surface area contributed by atoms with E-state index >= 15 is 8.78 Å². The molecule has 32 heteroatoms. The Labute approximate surface area is 423 Å². The molecular weight excluding hydrogens is 1010 g/mol. The van der Waals surface area contributed by atoms with E-state index < -0.39 is 107 Å². The van der Waals surface area contributed by atoms with Crippen LogP contribution in [0.2, 0.25) is 0 Å². The number of morpholine rings is 2. The topological polar surface area (TPSA) is 384 Å². The maximum atomic E-state index is 16.2. The van der Waals surface area contributed by atoms with Gasteiger partial charge in [-0.15, -0.1) is 0 Å². The predicted octanol–water partition coefficient (Wildman–Crippen LogP) is 2.99. The van der Waals surface area contributed by atoms with Gasteiger partial charge in [0.25, 0.3) is 0 Å². The predicted molar refractivity (Wildman–Crippen MR) is 249 cm³/mol. The lowest BCUT2D eigenvalue weighted by atomic mass is 9.66. The smallest absolute Gasteiger partial charge is 0.416 e. The summed E-state index contributed by atoms with van der Waals surface area (Å²) < 4.78 is 65.2. The first-order chi connectivity index (χ1) is 36.3. The number of cyclic esters (lactones) is 2. The summed E-state index contributed by atoms with van der Waals surface area (Å²) in [5, 5.41) is 23.7. The quantitative estimate of drug-likeness (QED) is 0.0933. The van der Waals surface area contributed by atoms with E-state index in [-0.39, 0.29) is 121 Å². The molecule has 396 valence electrons. The minimum absolute atomic E-state index is 0.0602. The zero-order chi connectivity index (χ0) is 53.9. The van der Waals surface area contributed by atoms with Crippen molar-refractivity contribution in [3.8, 4) is 0 Å². The molecule has 6 saturated heterocycles. The minimum Gasteiger partial charge on any atom is -0.447 e. The number of anilines is 4. The van der Waals surface area contributed by atoms with Crippen molar-refractivity contribution in [2.45, 2.75) is 89.1 Å². The number of fused-ring (bicyclic) bond motifs is 10. The molecule has 8 aliphatic heterocycles. The molecule has 4 N–H and O–H groups in total. The number of aromatic nitrogens is 2. The molecular formula is C44H42F2N16O14. The van der Waals surface area contributed by atoms with Gasteiger partial charge in [0.15, 0.2) is 34.1 Å². The SMILES string of the molecule is C[C@@H]1CN2c3c(cc4c(N5C(=O)OC[C@@H]5CN=[N+]=[N-])noc4c3F)CC3(C(=O)NC(=O)NC3=O)[C@H]2[C@H](C)O1.C[C@@H]1CN2c3c(cc4c(N5C(=O)OC[C@H]5CN=[N+]=[N-])noc4c3F)CC3(C(=O)NC(=O)NC3=O)[C@H]2[C@H](C)O1. The summed E-state index contributed by atoms with van der Waals surface area (Å²) in [5.41, 5.74) is 14.1. The van der Waals surface area contributed by atoms with E-state index in [0.717, 1.165) is 9.80 Å². The number of rotatable bonds is 6. The molecule has 2 aromatic carbocycles. The molecule has 8 atom stereocenters. The number of benzene rings is 2. The highest BCUT2D eigenvalue weighted by molar-refractivity contribution is 6.22. The molecule has 8 aliphatic rings. The van der Waals surface area contributed by atoms with Crippen LogP contribution in [0.4, 0.5) is 51.0 Å². The van der Waals surface area contributed by atoms with Crippen LogP contribution in [-0.4, -0.2) is 146 Å². The second-order valence-corrected chi connectivity index (χ2v) is 19.5. The van der Waals surface area contributed by atoms with Gasteiger partial charge < -0.3 is 37.8 Å². The summed E-state index contributed by atoms with van der Waals surface area (Å²) in [6.07, 6.45) is -4.21. The van der Waals surface area contributed by atoms with E-state index in [4.69, 9.17) is 39.1 Å². The van der Waals surface area contributed by atoms with Crippen molar-refractivity contribution in [2.24, 2.45) is 21.1 Å². The Balaban J connectivity index is 0.000000162. The van der Waals surface area contributed by atoms with Crippen molar-refractivity contribution >= 4 is 92.8 Å². The standard InChI is InChI=1S/2C22H21FN8O7/c2*1-8-6-30-14-10(4-22(16(30)9(2)37-8)18(32)26-20(34)27-19(22)33)3-12-15(13(14)23)38-28-17(12)31-11(5-25-29-24)7-36-21(31)35/h2*3,8-9,11,16H,4-7H2,1-2H3,(H2,26,27,32,33,34)/t8-,9+,11+,16-;8-,9+,11-,16-/m11/s1. The first-order valence-corrected chi connectivity index (χ1v) is 23.7. The summed E-state index contributed by atoms with van der Waals surface area (Å²) in [7, 11) is 0. The van der Waals surface area contributed by atoms with Crippen LogP contribution in [-0.2, 0) is 51.0 Å². The fraction of sp³-hybridized carbons (Fsp3) is 0.500. The van der Waals surface area contributed by atoms with Crippen LogP contribution in [0.1, 0.15) is 38.8 Å². The van der Waals surface area contributed by atoms with Crippen LogP contribution >= 0.6 is 0 Å². The Morgan fingerprint density at radius 3 is 1.36 bits per heavy atom. The van der Waals surface area contributed by atoms with Crippen LogP contribution in [0.15, 0.2) is 31.4 Å². The van der Waals surface area contributed by atoms with Crippen molar-refractivity contribution in [1.82, 2.24) is 31.6 Å². The van der Waals surface area contributed by atoms with Gasteiger partial charge in [0.1, 0.15) is 13.2 Å². The number of hydrogen-bond acceptors (Lipinski definition) is 20. The number of nitrogens with one attached hydrogen (secondary N) is 4. The molecule has 10 heterocycles. The first-order valence-electron chi connectivity index (χ1n) is 23.7. The lowest BCUT2D eigenvalue weighted by molar-refractivity contribution is -0.154. The molecule has 4 aromatic rings. The average molecular weight is 1060 g/mol. The highest BCUT2D eigenvalue weighted by Gasteiger charge is 2.65. The molecule has 10 amide bonds. The van der Waals surface area contributed by atoms with E-state index in [1.807, 2.05) is 0 Å². The second kappa shape index (κ2) is 17.9. The largest absolute Gasteiger partial charge is 0.447 e. The minimum atomic E-state index is -1.81. The molecule has 0 radical (unpaired) electrons. The number of azide groups is 2. The lowest BCUT2D eigenvalue weighted by Gasteiger charge is -2.55. The van der Waals surface area contributed by atoms with Gasteiger partial charge in [0.2, 0.25) is 34.8 Å². The van der Waals surface area contributed by atoms with Crippen LogP contribution in [0.25, 0.3) is 42.8 Å². The molecule has 2 aromatic heterocycles. The number of imide groups is 4. The molecule has 0 aliphatic carbocycles. The number of amides is 10. The van der Waals surface area contributed by atoms with Crippen molar-refractivity contribution < 1.29 is 75.1 Å². The van der Waals surface area contributed by atoms with Gasteiger partial charge in [-0.1, -0.05) is 20.5 Å². The van der Waals surface area contributed by atoms with Crippen molar-refractivity contribution in [3.05, 3.63) is 55.8 Å². The van der Waals surface area contributed by atoms with Gasteiger partial charge in [-0.3, -0.25) is 50.2 Å². The number of carbonyl (C=O) groups is 8. The van der Waals surface area contributed by atoms with Crippen molar-refractivity contribution in [3.63, 3.8) is 0 Å². The summed E-state index contributed by atoms with van der Waals surface area (Å²) in [5.74, 6) is -4.97. The Kier molecular flexibility index (Phi) is 11.6. The van der Waals surface area contributed by atoms with E-state index in [2.05, 4.69) is 51.6 Å². The highest BCUT2D eigenvalue weighted by atomic mass is 19.1. The van der Waals surface area contributed by atoms with Crippen molar-refractivity contribution in [1.29, 1.82) is 0 Å². The zero-order valence-corrected chi connectivity index (χ0v) is 40.3. The second-order valence-electron chi connectivity index (χ2n) is 19.5. The van der Waals surface area contributed by atoms with Gasteiger partial charge in [0.05, 0.1) is 83.8 Å². The van der Waals surface area contributed by atoms with Crippen LogP contribution in [0.5, 0.6) is 0 Å². The monoisotopic (exact) mass is 1060 g/mol. The number of urea groups is 2. The number of hydrogen-bond donors (Lipinski definition) is 4. The molecule has 0 saturated carbocycles. The maximum absolute atomic E-state index is 16.2. The fourth-order valence-electron chi connectivity index (χ4n) is 12.2. The summed E-state index contributed by atoms with van der Waals surface area (Å²) in [6.45, 7) is 6.83. The molecule has 12 rings (SSSR count). The average Bonchev–Trinajstić information content (AvgIpc) is 4.23. The van der Waals surface area contributed by atoms with Gasteiger partial charge in [0, 0.05) is 35.8 Å². The summed E-state index contributed by atoms with van der Waals surface area (Å²) >= 11 is 0. The van der Waals surface area contributed by atoms with E-state index in [9.17, 15) is 38.4 Å². The van der Waals surface area contributed by atoms with E-state index in [1.54, 1.807) is 37.5 Å². The van der Waals surface area contributed by atoms with Gasteiger partial charge in [-0.25, -0.2) is 28.0 Å². The Morgan fingerprint density at radius 1 is 0.632 bits per heavy atom. The van der Waals surface area contributed by atoms with Gasteiger partial charge in [-0.05, 0) is 62.0 Å². The van der Waals surface area contributed by atoms with Gasteiger partial charge in [-0.2, -0.15) is 0 Å². The Hall–Kier alpha value is -8.86. The van der Waals surface area contributed by atoms with Crippen LogP contribution in [0, 0.1) is 22.5 Å². The lowest BCUT2D eigenvalue weighted by Crippen LogP contribution is -2.75. The normalized spacial score (nSPS) is 28.0. The summed E-state index contributed by atoms with van der Waals surface area (Å²) in [4.78, 5) is 113. The van der Waals surface area contributed by atoms with Crippen LogP contribution in [0.3, 0.4) is 0 Å². The number of carbonyl (C=O) groups excluding carboxylic acids is 8. The third-order valence-electron chi connectivity index (χ3n) is 15.0. The maximum Gasteiger partial charge on any atom is 0.416 e. The van der Waals surface area contributed by atoms with Crippen LogP contribution < -0.4 is 40.9 Å². The number of barbiturate groups is 2. The third kappa shape index (κ3) is 7.18. The molecule has 0 bridgehead atoms. The molecule has 2 spiro atoms. The number of halogens is 2.